The minimum absolute atomic E-state index is 0.242. The van der Waals surface area contributed by atoms with Crippen LogP contribution in [0.4, 0.5) is 0 Å². The van der Waals surface area contributed by atoms with E-state index < -0.39 is 17.9 Å². The number of nitrogens with zero attached hydrogens (tertiary/aromatic N) is 1. The van der Waals surface area contributed by atoms with Crippen molar-refractivity contribution in [1.82, 2.24) is 4.90 Å². The van der Waals surface area contributed by atoms with Gasteiger partial charge in [0, 0.05) is 10.6 Å². The fourth-order valence-corrected chi connectivity index (χ4v) is 4.12. The highest BCUT2D eigenvalue weighted by atomic mass is 35.5. The van der Waals surface area contributed by atoms with Crippen LogP contribution in [0.25, 0.3) is 6.08 Å². The number of carboxylic acids is 1. The average molecular weight is 434 g/mol. The fourth-order valence-electron chi connectivity index (χ4n) is 2.51. The summed E-state index contributed by atoms with van der Waals surface area (Å²) in [7, 11) is 0. The van der Waals surface area contributed by atoms with Crippen molar-refractivity contribution in [3.05, 3.63) is 69.6 Å². The summed E-state index contributed by atoms with van der Waals surface area (Å²) in [5.74, 6) is -0.828. The van der Waals surface area contributed by atoms with E-state index in [1.807, 2.05) is 36.4 Å². The number of thiocarbonyl (C=S) groups is 1. The monoisotopic (exact) mass is 433 g/mol. The highest BCUT2D eigenvalue weighted by molar-refractivity contribution is 8.26. The summed E-state index contributed by atoms with van der Waals surface area (Å²) in [5, 5.41) is 9.78. The smallest absolute Gasteiger partial charge is 0.326 e. The molecule has 5 nitrogen and oxygen atoms in total. The largest absolute Gasteiger partial charge is 0.489 e. The fraction of sp³-hybridized carbons (Fsp3) is 0.150. The van der Waals surface area contributed by atoms with Gasteiger partial charge in [-0.3, -0.25) is 9.69 Å². The number of ether oxygens (including phenoxy) is 1. The average Bonchev–Trinajstić information content (AvgIpc) is 2.95. The molecule has 3 rings (SSSR count). The lowest BCUT2D eigenvalue weighted by atomic mass is 10.2. The minimum Gasteiger partial charge on any atom is -0.489 e. The topological polar surface area (TPSA) is 66.8 Å². The van der Waals surface area contributed by atoms with Crippen molar-refractivity contribution in [2.45, 2.75) is 19.6 Å². The second-order valence-electron chi connectivity index (χ2n) is 6.02. The molecule has 0 radical (unpaired) electrons. The normalized spacial score (nSPS) is 16.5. The SMILES string of the molecule is C[C@@H](C(=O)O)N1C(=O)/C(=C/c2ccc(OCc3ccccc3Cl)cc2)SC1=S. The summed E-state index contributed by atoms with van der Waals surface area (Å²) >= 11 is 12.4. The molecule has 8 heteroatoms. The molecule has 144 valence electrons. The van der Waals surface area contributed by atoms with Crippen LogP contribution in [0.1, 0.15) is 18.1 Å². The molecule has 28 heavy (non-hydrogen) atoms. The molecule has 1 fully saturated rings. The Labute approximate surface area is 176 Å². The van der Waals surface area contributed by atoms with Gasteiger partial charge in [-0.15, -0.1) is 0 Å². The van der Waals surface area contributed by atoms with E-state index in [-0.39, 0.29) is 4.32 Å². The first-order valence-electron chi connectivity index (χ1n) is 8.33. The van der Waals surface area contributed by atoms with E-state index in [0.29, 0.717) is 22.3 Å². The molecule has 0 aromatic heterocycles. The lowest BCUT2D eigenvalue weighted by Gasteiger charge is -2.18. The predicted molar refractivity (Wildman–Crippen MR) is 114 cm³/mol. The van der Waals surface area contributed by atoms with Crippen molar-refractivity contribution in [2.24, 2.45) is 0 Å². The molecule has 1 atom stereocenters. The van der Waals surface area contributed by atoms with Gasteiger partial charge in [-0.25, -0.2) is 4.79 Å². The van der Waals surface area contributed by atoms with Crippen LogP contribution in [0.15, 0.2) is 53.4 Å². The first kappa shape index (κ1) is 20.4. The Morgan fingerprint density at radius 3 is 2.61 bits per heavy atom. The van der Waals surface area contributed by atoms with Gasteiger partial charge in [0.25, 0.3) is 5.91 Å². The summed E-state index contributed by atoms with van der Waals surface area (Å²) in [5.41, 5.74) is 1.68. The zero-order chi connectivity index (χ0) is 20.3. The quantitative estimate of drug-likeness (QED) is 0.530. The second-order valence-corrected chi connectivity index (χ2v) is 8.10. The van der Waals surface area contributed by atoms with Gasteiger partial charge >= 0.3 is 5.97 Å². The Morgan fingerprint density at radius 2 is 1.96 bits per heavy atom. The van der Waals surface area contributed by atoms with Crippen LogP contribution in [0, 0.1) is 0 Å². The number of hydrogen-bond acceptors (Lipinski definition) is 5. The maximum Gasteiger partial charge on any atom is 0.326 e. The van der Waals surface area contributed by atoms with Gasteiger partial charge in [0.05, 0.1) is 4.91 Å². The summed E-state index contributed by atoms with van der Waals surface area (Å²) in [4.78, 5) is 25.1. The van der Waals surface area contributed by atoms with Gasteiger partial charge in [0.1, 0.15) is 22.7 Å². The van der Waals surface area contributed by atoms with Crippen molar-refractivity contribution in [2.75, 3.05) is 0 Å². The van der Waals surface area contributed by atoms with E-state index in [9.17, 15) is 9.59 Å². The Hall–Kier alpha value is -2.35. The predicted octanol–water partition coefficient (Wildman–Crippen LogP) is 4.59. The second kappa shape index (κ2) is 8.77. The zero-order valence-corrected chi connectivity index (χ0v) is 17.2. The summed E-state index contributed by atoms with van der Waals surface area (Å²) in [6.07, 6.45) is 1.69. The Bertz CT molecular complexity index is 959. The lowest BCUT2D eigenvalue weighted by molar-refractivity contribution is -0.144. The molecule has 2 aromatic carbocycles. The molecule has 1 heterocycles. The van der Waals surface area contributed by atoms with E-state index >= 15 is 0 Å². The number of thioether (sulfide) groups is 1. The van der Waals surface area contributed by atoms with Crippen LogP contribution in [-0.2, 0) is 16.2 Å². The molecule has 0 spiro atoms. The van der Waals surface area contributed by atoms with Crippen molar-refractivity contribution in [3.63, 3.8) is 0 Å². The molecular weight excluding hydrogens is 418 g/mol. The van der Waals surface area contributed by atoms with Gasteiger partial charge < -0.3 is 9.84 Å². The summed E-state index contributed by atoms with van der Waals surface area (Å²) < 4.78 is 5.98. The van der Waals surface area contributed by atoms with Crippen molar-refractivity contribution >= 4 is 57.9 Å². The Kier molecular flexibility index (Phi) is 6.39. The van der Waals surface area contributed by atoms with Crippen LogP contribution < -0.4 is 4.74 Å². The van der Waals surface area contributed by atoms with Gasteiger partial charge in [0.15, 0.2) is 0 Å². The summed E-state index contributed by atoms with van der Waals surface area (Å²) in [6.45, 7) is 1.78. The molecule has 1 aliphatic heterocycles. The number of rotatable bonds is 6. The molecule has 1 aliphatic rings. The molecule has 0 bridgehead atoms. The molecule has 2 aromatic rings. The molecular formula is C20H16ClNO4S2. The van der Waals surface area contributed by atoms with Crippen LogP contribution in [0.3, 0.4) is 0 Å². The van der Waals surface area contributed by atoms with Crippen molar-refractivity contribution in [1.29, 1.82) is 0 Å². The van der Waals surface area contributed by atoms with E-state index in [4.69, 9.17) is 33.7 Å². The van der Waals surface area contributed by atoms with E-state index in [1.54, 1.807) is 18.2 Å². The number of aliphatic carboxylic acids is 1. The third kappa shape index (κ3) is 4.55. The molecule has 1 N–H and O–H groups in total. The minimum atomic E-state index is -1.10. The van der Waals surface area contributed by atoms with Crippen LogP contribution in [-0.4, -0.2) is 32.2 Å². The van der Waals surface area contributed by atoms with Crippen LogP contribution in [0.2, 0.25) is 5.02 Å². The van der Waals surface area contributed by atoms with E-state index in [0.717, 1.165) is 27.8 Å². The van der Waals surface area contributed by atoms with Gasteiger partial charge in [0.2, 0.25) is 0 Å². The number of carbonyl (C=O) groups excluding carboxylic acids is 1. The third-order valence-corrected chi connectivity index (χ3v) is 5.80. The number of carboxylic acid groups (broad SMARTS) is 1. The molecule has 1 amide bonds. The van der Waals surface area contributed by atoms with Crippen molar-refractivity contribution < 1.29 is 19.4 Å². The molecule has 0 aliphatic carbocycles. The number of hydrogen-bond donors (Lipinski definition) is 1. The maximum atomic E-state index is 12.5. The Morgan fingerprint density at radius 1 is 1.29 bits per heavy atom. The number of amides is 1. The Balaban J connectivity index is 1.68. The number of carbonyl (C=O) groups is 2. The first-order chi connectivity index (χ1) is 13.4. The zero-order valence-electron chi connectivity index (χ0n) is 14.8. The molecule has 1 saturated heterocycles. The van der Waals surface area contributed by atoms with Gasteiger partial charge in [-0.1, -0.05) is 65.9 Å². The first-order valence-corrected chi connectivity index (χ1v) is 9.93. The summed E-state index contributed by atoms with van der Waals surface area (Å²) in [6, 6.07) is 13.7. The van der Waals surface area contributed by atoms with E-state index in [2.05, 4.69) is 0 Å². The van der Waals surface area contributed by atoms with Crippen LogP contribution >= 0.6 is 35.6 Å². The highest BCUT2D eigenvalue weighted by Crippen LogP contribution is 2.34. The molecule has 0 saturated carbocycles. The number of benzene rings is 2. The van der Waals surface area contributed by atoms with Crippen molar-refractivity contribution in [3.8, 4) is 5.75 Å². The van der Waals surface area contributed by atoms with E-state index in [1.165, 1.54) is 6.92 Å². The van der Waals surface area contributed by atoms with Crippen LogP contribution in [0.5, 0.6) is 5.75 Å². The maximum absolute atomic E-state index is 12.5. The van der Waals surface area contributed by atoms with Gasteiger partial charge in [-0.2, -0.15) is 0 Å². The molecule has 0 unspecified atom stereocenters. The standard InChI is InChI=1S/C20H16ClNO4S2/c1-12(19(24)25)22-18(23)17(28-20(22)27)10-13-6-8-15(9-7-13)26-11-14-4-2-3-5-16(14)21/h2-10,12H,11H2,1H3,(H,24,25)/b17-10-/t12-/m0/s1. The van der Waals surface area contributed by atoms with Gasteiger partial charge in [-0.05, 0) is 36.8 Å². The lowest BCUT2D eigenvalue weighted by Crippen LogP contribution is -2.41. The third-order valence-electron chi connectivity index (χ3n) is 4.10. The highest BCUT2D eigenvalue weighted by Gasteiger charge is 2.38. The number of halogens is 1.